The SMILES string of the molecule is COCCN(CCO)c1ccc(F)cc1[C@H](C)N. The molecule has 0 aliphatic rings. The summed E-state index contributed by atoms with van der Waals surface area (Å²) < 4.78 is 18.3. The van der Waals surface area contributed by atoms with Crippen molar-refractivity contribution < 1.29 is 14.2 Å². The van der Waals surface area contributed by atoms with E-state index < -0.39 is 0 Å². The van der Waals surface area contributed by atoms with Gasteiger partial charge in [-0.25, -0.2) is 4.39 Å². The van der Waals surface area contributed by atoms with Crippen LogP contribution < -0.4 is 10.6 Å². The van der Waals surface area contributed by atoms with Crippen molar-refractivity contribution in [1.82, 2.24) is 0 Å². The van der Waals surface area contributed by atoms with Crippen LogP contribution in [-0.2, 0) is 4.74 Å². The third-order valence-corrected chi connectivity index (χ3v) is 2.76. The van der Waals surface area contributed by atoms with E-state index in [-0.39, 0.29) is 18.5 Å². The highest BCUT2D eigenvalue weighted by Crippen LogP contribution is 2.26. The van der Waals surface area contributed by atoms with Crippen LogP contribution in [0.5, 0.6) is 0 Å². The Kier molecular flexibility index (Phi) is 6.04. The summed E-state index contributed by atoms with van der Waals surface area (Å²) in [4.78, 5) is 1.95. The molecule has 0 unspecified atom stereocenters. The van der Waals surface area contributed by atoms with E-state index in [0.29, 0.717) is 19.7 Å². The molecule has 1 atom stereocenters. The Bertz CT molecular complexity index is 372. The molecule has 0 heterocycles. The zero-order chi connectivity index (χ0) is 13.5. The monoisotopic (exact) mass is 256 g/mol. The standard InChI is InChI=1S/C13H21FN2O2/c1-10(15)12-9-11(14)3-4-13(12)16(5-7-17)6-8-18-2/h3-4,9-10,17H,5-8,15H2,1-2H3/t10-/m0/s1. The fourth-order valence-electron chi connectivity index (χ4n) is 1.85. The molecule has 102 valence electrons. The number of methoxy groups -OCH3 is 1. The smallest absolute Gasteiger partial charge is 0.123 e. The Hall–Kier alpha value is -1.17. The predicted molar refractivity (Wildman–Crippen MR) is 70.2 cm³/mol. The van der Waals surface area contributed by atoms with Crippen LogP contribution in [0.2, 0.25) is 0 Å². The number of aliphatic hydroxyl groups excluding tert-OH is 1. The van der Waals surface area contributed by atoms with Crippen LogP contribution in [0, 0.1) is 5.82 Å². The minimum atomic E-state index is -0.304. The van der Waals surface area contributed by atoms with E-state index >= 15 is 0 Å². The lowest BCUT2D eigenvalue weighted by molar-refractivity contribution is 0.203. The number of ether oxygens (including phenoxy) is 1. The molecule has 0 aliphatic heterocycles. The summed E-state index contributed by atoms with van der Waals surface area (Å²) in [5.74, 6) is -0.304. The predicted octanol–water partition coefficient (Wildman–Crippen LogP) is 1.29. The maximum absolute atomic E-state index is 13.3. The number of halogens is 1. The van der Waals surface area contributed by atoms with Gasteiger partial charge in [0, 0.05) is 31.9 Å². The summed E-state index contributed by atoms with van der Waals surface area (Å²) in [6.45, 7) is 3.47. The number of benzene rings is 1. The van der Waals surface area contributed by atoms with Crippen LogP contribution in [0.3, 0.4) is 0 Å². The molecule has 3 N–H and O–H groups in total. The topological polar surface area (TPSA) is 58.7 Å². The van der Waals surface area contributed by atoms with Crippen LogP contribution in [0.15, 0.2) is 18.2 Å². The van der Waals surface area contributed by atoms with E-state index in [9.17, 15) is 4.39 Å². The van der Waals surface area contributed by atoms with Crippen LogP contribution in [0.25, 0.3) is 0 Å². The van der Waals surface area contributed by atoms with E-state index in [2.05, 4.69) is 0 Å². The van der Waals surface area contributed by atoms with Crippen molar-refractivity contribution in [3.8, 4) is 0 Å². The molecule has 0 spiro atoms. The minimum absolute atomic E-state index is 0.0273. The average Bonchev–Trinajstić information content (AvgIpc) is 2.34. The van der Waals surface area contributed by atoms with Gasteiger partial charge in [-0.3, -0.25) is 0 Å². The Labute approximate surface area is 107 Å². The Morgan fingerprint density at radius 2 is 2.17 bits per heavy atom. The van der Waals surface area contributed by atoms with Crippen LogP contribution in [-0.4, -0.2) is 38.5 Å². The van der Waals surface area contributed by atoms with Crippen molar-refractivity contribution in [3.63, 3.8) is 0 Å². The highest BCUT2D eigenvalue weighted by atomic mass is 19.1. The molecule has 0 saturated heterocycles. The van der Waals surface area contributed by atoms with Gasteiger partial charge in [0.05, 0.1) is 13.2 Å². The first-order valence-electron chi connectivity index (χ1n) is 6.00. The number of anilines is 1. The molecule has 4 nitrogen and oxygen atoms in total. The molecule has 0 fully saturated rings. The zero-order valence-electron chi connectivity index (χ0n) is 10.9. The number of nitrogens with zero attached hydrogens (tertiary/aromatic N) is 1. The fourth-order valence-corrected chi connectivity index (χ4v) is 1.85. The van der Waals surface area contributed by atoms with Crippen molar-refractivity contribution >= 4 is 5.69 Å². The van der Waals surface area contributed by atoms with Gasteiger partial charge in [0.25, 0.3) is 0 Å². The van der Waals surface area contributed by atoms with Gasteiger partial charge in [0.1, 0.15) is 5.82 Å². The van der Waals surface area contributed by atoms with Gasteiger partial charge in [0.2, 0.25) is 0 Å². The average molecular weight is 256 g/mol. The highest BCUT2D eigenvalue weighted by molar-refractivity contribution is 5.55. The number of hydrogen-bond donors (Lipinski definition) is 2. The molecule has 0 aromatic heterocycles. The van der Waals surface area contributed by atoms with Crippen LogP contribution in [0.4, 0.5) is 10.1 Å². The largest absolute Gasteiger partial charge is 0.395 e. The summed E-state index contributed by atoms with van der Waals surface area (Å²) in [6, 6.07) is 4.27. The van der Waals surface area contributed by atoms with Gasteiger partial charge < -0.3 is 20.5 Å². The molecule has 0 aliphatic carbocycles. The molecule has 1 aromatic rings. The van der Waals surface area contributed by atoms with Gasteiger partial charge in [-0.1, -0.05) is 0 Å². The molecule has 18 heavy (non-hydrogen) atoms. The number of rotatable bonds is 7. The maximum atomic E-state index is 13.3. The second-order valence-electron chi connectivity index (χ2n) is 4.20. The molecule has 0 amide bonds. The zero-order valence-corrected chi connectivity index (χ0v) is 10.9. The fraction of sp³-hybridized carbons (Fsp3) is 0.538. The van der Waals surface area contributed by atoms with Crippen molar-refractivity contribution in [3.05, 3.63) is 29.6 Å². The summed E-state index contributed by atoms with van der Waals surface area (Å²) in [6.07, 6.45) is 0. The highest BCUT2D eigenvalue weighted by Gasteiger charge is 2.14. The van der Waals surface area contributed by atoms with E-state index in [4.69, 9.17) is 15.6 Å². The van der Waals surface area contributed by atoms with Crippen molar-refractivity contribution in [2.24, 2.45) is 5.73 Å². The Morgan fingerprint density at radius 1 is 1.44 bits per heavy atom. The van der Waals surface area contributed by atoms with Gasteiger partial charge in [-0.2, -0.15) is 0 Å². The maximum Gasteiger partial charge on any atom is 0.123 e. The molecule has 1 rings (SSSR count). The molecule has 0 bridgehead atoms. The molecular weight excluding hydrogens is 235 g/mol. The number of aliphatic hydroxyl groups is 1. The van der Waals surface area contributed by atoms with Crippen molar-refractivity contribution in [2.45, 2.75) is 13.0 Å². The van der Waals surface area contributed by atoms with E-state index in [1.807, 2.05) is 11.8 Å². The van der Waals surface area contributed by atoms with Gasteiger partial charge >= 0.3 is 0 Å². The van der Waals surface area contributed by atoms with E-state index in [1.165, 1.54) is 12.1 Å². The Morgan fingerprint density at radius 3 is 2.72 bits per heavy atom. The van der Waals surface area contributed by atoms with Gasteiger partial charge in [-0.05, 0) is 30.7 Å². The number of hydrogen-bond acceptors (Lipinski definition) is 4. The lowest BCUT2D eigenvalue weighted by Crippen LogP contribution is -2.31. The third kappa shape index (κ3) is 3.94. The van der Waals surface area contributed by atoms with E-state index in [1.54, 1.807) is 13.2 Å². The van der Waals surface area contributed by atoms with Crippen LogP contribution in [0.1, 0.15) is 18.5 Å². The van der Waals surface area contributed by atoms with Gasteiger partial charge in [-0.15, -0.1) is 0 Å². The summed E-state index contributed by atoms with van der Waals surface area (Å²) in [5.41, 5.74) is 7.44. The van der Waals surface area contributed by atoms with E-state index in [0.717, 1.165) is 11.3 Å². The second kappa shape index (κ2) is 7.31. The Balaban J connectivity index is 3.01. The van der Waals surface area contributed by atoms with Crippen molar-refractivity contribution in [1.29, 1.82) is 0 Å². The van der Waals surface area contributed by atoms with Gasteiger partial charge in [0.15, 0.2) is 0 Å². The van der Waals surface area contributed by atoms with Crippen molar-refractivity contribution in [2.75, 3.05) is 38.3 Å². The quantitative estimate of drug-likeness (QED) is 0.772. The first-order valence-corrected chi connectivity index (χ1v) is 6.00. The molecular formula is C13H21FN2O2. The summed E-state index contributed by atoms with van der Waals surface area (Å²) in [5, 5.41) is 9.09. The normalized spacial score (nSPS) is 12.5. The number of nitrogens with two attached hydrogens (primary N) is 1. The minimum Gasteiger partial charge on any atom is -0.395 e. The lowest BCUT2D eigenvalue weighted by atomic mass is 10.1. The second-order valence-corrected chi connectivity index (χ2v) is 4.20. The first kappa shape index (κ1) is 14.9. The van der Waals surface area contributed by atoms with Crippen LogP contribution >= 0.6 is 0 Å². The third-order valence-electron chi connectivity index (χ3n) is 2.76. The molecule has 5 heteroatoms. The molecule has 0 radical (unpaired) electrons. The summed E-state index contributed by atoms with van der Waals surface area (Å²) in [7, 11) is 1.62. The summed E-state index contributed by atoms with van der Waals surface area (Å²) >= 11 is 0. The lowest BCUT2D eigenvalue weighted by Gasteiger charge is -2.27. The first-order chi connectivity index (χ1) is 8.60. The molecule has 1 aromatic carbocycles. The molecule has 0 saturated carbocycles.